The number of benzene rings is 1. The zero-order valence-corrected chi connectivity index (χ0v) is 12.5. The molecule has 0 aliphatic heterocycles. The Morgan fingerprint density at radius 2 is 2.10 bits per heavy atom. The summed E-state index contributed by atoms with van der Waals surface area (Å²) in [5.74, 6) is -0.173. The molecular weight excluding hydrogens is 280 g/mol. The van der Waals surface area contributed by atoms with E-state index in [1.807, 2.05) is 0 Å². The van der Waals surface area contributed by atoms with Gasteiger partial charge in [-0.15, -0.1) is 0 Å². The van der Waals surface area contributed by atoms with Gasteiger partial charge in [0.25, 0.3) is 0 Å². The van der Waals surface area contributed by atoms with Crippen molar-refractivity contribution in [2.75, 3.05) is 11.9 Å². The third-order valence-electron chi connectivity index (χ3n) is 2.87. The average Bonchev–Trinajstić information content (AvgIpc) is 2.38. The lowest BCUT2D eigenvalue weighted by atomic mass is 10.1. The molecule has 0 spiro atoms. The van der Waals surface area contributed by atoms with Crippen LogP contribution >= 0.6 is 11.6 Å². The van der Waals surface area contributed by atoms with Crippen LogP contribution in [-0.4, -0.2) is 22.8 Å². The van der Waals surface area contributed by atoms with Gasteiger partial charge in [-0.25, -0.2) is 4.79 Å². The molecule has 20 heavy (non-hydrogen) atoms. The van der Waals surface area contributed by atoms with Crippen LogP contribution in [0.3, 0.4) is 0 Å². The van der Waals surface area contributed by atoms with Gasteiger partial charge in [0.1, 0.15) is 5.75 Å². The number of urea groups is 1. The smallest absolute Gasteiger partial charge is 0.319 e. The highest BCUT2D eigenvalue weighted by atomic mass is 35.5. The number of hydrogen-bond donors (Lipinski definition) is 4. The third-order valence-corrected chi connectivity index (χ3v) is 3.09. The maximum absolute atomic E-state index is 11.7. The Kier molecular flexibility index (Phi) is 6.61. The number of aliphatic hydroxyl groups excluding tert-OH is 1. The number of unbranched alkanes of at least 4 members (excludes halogenated alkanes) is 2. The molecule has 0 aliphatic rings. The zero-order chi connectivity index (χ0) is 15.1. The van der Waals surface area contributed by atoms with Crippen LogP contribution < -0.4 is 10.6 Å². The Labute approximate surface area is 124 Å². The molecule has 1 aromatic carbocycles. The number of hydrogen-bond acceptors (Lipinski definition) is 3. The molecule has 1 atom stereocenters. The SMILES string of the molecule is CCCCCNC(=O)Nc1cc(Cl)cc(C(C)O)c1O. The van der Waals surface area contributed by atoms with Crippen LogP contribution in [0.5, 0.6) is 5.75 Å². The molecule has 0 aliphatic carbocycles. The molecule has 0 radical (unpaired) electrons. The van der Waals surface area contributed by atoms with E-state index >= 15 is 0 Å². The van der Waals surface area contributed by atoms with Crippen LogP contribution in [0, 0.1) is 0 Å². The second-order valence-electron chi connectivity index (χ2n) is 4.66. The van der Waals surface area contributed by atoms with E-state index in [0.717, 1.165) is 19.3 Å². The number of phenols is 1. The van der Waals surface area contributed by atoms with E-state index in [-0.39, 0.29) is 17.0 Å². The molecule has 0 saturated heterocycles. The summed E-state index contributed by atoms with van der Waals surface area (Å²) >= 11 is 5.90. The first-order valence-corrected chi connectivity index (χ1v) is 7.08. The average molecular weight is 301 g/mol. The molecule has 0 bridgehead atoms. The monoisotopic (exact) mass is 300 g/mol. The number of halogens is 1. The molecule has 1 unspecified atom stereocenters. The van der Waals surface area contributed by atoms with E-state index in [0.29, 0.717) is 11.6 Å². The summed E-state index contributed by atoms with van der Waals surface area (Å²) in [5, 5.41) is 25.1. The fourth-order valence-electron chi connectivity index (χ4n) is 1.78. The van der Waals surface area contributed by atoms with Crippen molar-refractivity contribution in [1.82, 2.24) is 5.32 Å². The fourth-order valence-corrected chi connectivity index (χ4v) is 2.00. The molecule has 6 heteroatoms. The predicted molar refractivity (Wildman–Crippen MR) is 80.3 cm³/mol. The van der Waals surface area contributed by atoms with Crippen molar-refractivity contribution in [3.8, 4) is 5.75 Å². The molecule has 5 nitrogen and oxygen atoms in total. The maximum atomic E-state index is 11.7. The molecule has 0 aromatic heterocycles. The van der Waals surface area contributed by atoms with E-state index in [1.165, 1.54) is 19.1 Å². The molecule has 1 rings (SSSR count). The number of rotatable bonds is 6. The van der Waals surface area contributed by atoms with E-state index < -0.39 is 12.1 Å². The highest BCUT2D eigenvalue weighted by molar-refractivity contribution is 6.31. The summed E-state index contributed by atoms with van der Waals surface area (Å²) in [5.41, 5.74) is 0.458. The number of phenolic OH excluding ortho intramolecular Hbond substituents is 1. The van der Waals surface area contributed by atoms with Gasteiger partial charge in [-0.05, 0) is 25.5 Å². The highest BCUT2D eigenvalue weighted by Gasteiger charge is 2.15. The minimum absolute atomic E-state index is 0.173. The molecule has 0 saturated carbocycles. The van der Waals surface area contributed by atoms with Crippen molar-refractivity contribution in [1.29, 1.82) is 0 Å². The lowest BCUT2D eigenvalue weighted by molar-refractivity contribution is 0.195. The highest BCUT2D eigenvalue weighted by Crippen LogP contribution is 2.35. The van der Waals surface area contributed by atoms with Gasteiger partial charge in [0, 0.05) is 17.1 Å². The second kappa shape index (κ2) is 7.97. The second-order valence-corrected chi connectivity index (χ2v) is 5.09. The van der Waals surface area contributed by atoms with Crippen LogP contribution in [0.25, 0.3) is 0 Å². The Hall–Kier alpha value is -1.46. The number of carbonyl (C=O) groups excluding carboxylic acids is 1. The van der Waals surface area contributed by atoms with Gasteiger partial charge in [0.15, 0.2) is 0 Å². The molecule has 2 amide bonds. The molecule has 112 valence electrons. The number of aromatic hydroxyl groups is 1. The van der Waals surface area contributed by atoms with Crippen molar-refractivity contribution >= 4 is 23.3 Å². The molecule has 0 fully saturated rings. The third kappa shape index (κ3) is 4.90. The topological polar surface area (TPSA) is 81.6 Å². The quantitative estimate of drug-likeness (QED) is 0.480. The first-order valence-electron chi connectivity index (χ1n) is 6.71. The molecule has 0 heterocycles. The van der Waals surface area contributed by atoms with Gasteiger partial charge in [0.2, 0.25) is 0 Å². The Morgan fingerprint density at radius 3 is 2.70 bits per heavy atom. The van der Waals surface area contributed by atoms with Crippen LogP contribution in [0.2, 0.25) is 5.02 Å². The minimum Gasteiger partial charge on any atom is -0.505 e. The van der Waals surface area contributed by atoms with Gasteiger partial charge in [-0.2, -0.15) is 0 Å². The van der Waals surface area contributed by atoms with Crippen molar-refractivity contribution in [3.05, 3.63) is 22.7 Å². The standard InChI is InChI=1S/C14H21ClN2O3/c1-3-4-5-6-16-14(20)17-12-8-10(15)7-11(9(2)18)13(12)19/h7-9,18-19H,3-6H2,1-2H3,(H2,16,17,20). The zero-order valence-electron chi connectivity index (χ0n) is 11.7. The van der Waals surface area contributed by atoms with E-state index in [2.05, 4.69) is 17.6 Å². The summed E-state index contributed by atoms with van der Waals surface area (Å²) in [7, 11) is 0. The number of amides is 2. The van der Waals surface area contributed by atoms with Crippen LogP contribution in [0.15, 0.2) is 12.1 Å². The number of nitrogens with one attached hydrogen (secondary N) is 2. The summed E-state index contributed by atoms with van der Waals surface area (Å²) in [6.45, 7) is 4.17. The fraction of sp³-hybridized carbons (Fsp3) is 0.500. The summed E-state index contributed by atoms with van der Waals surface area (Å²) in [6.07, 6.45) is 2.16. The molecular formula is C14H21ClN2O3. The predicted octanol–water partition coefficient (Wildman–Crippen LogP) is 3.41. The van der Waals surface area contributed by atoms with E-state index in [1.54, 1.807) is 0 Å². The summed E-state index contributed by atoms with van der Waals surface area (Å²) in [4.78, 5) is 11.7. The number of anilines is 1. The van der Waals surface area contributed by atoms with Gasteiger partial charge < -0.3 is 20.8 Å². The van der Waals surface area contributed by atoms with Crippen molar-refractivity contribution in [2.24, 2.45) is 0 Å². The largest absolute Gasteiger partial charge is 0.505 e. The van der Waals surface area contributed by atoms with Crippen LogP contribution in [-0.2, 0) is 0 Å². The lowest BCUT2D eigenvalue weighted by Crippen LogP contribution is -2.29. The molecule has 1 aromatic rings. The summed E-state index contributed by atoms with van der Waals surface area (Å²) < 4.78 is 0. The normalized spacial score (nSPS) is 12.0. The maximum Gasteiger partial charge on any atom is 0.319 e. The van der Waals surface area contributed by atoms with Crippen LogP contribution in [0.4, 0.5) is 10.5 Å². The minimum atomic E-state index is -0.873. The van der Waals surface area contributed by atoms with Gasteiger partial charge >= 0.3 is 6.03 Å². The first-order chi connectivity index (χ1) is 9.45. The van der Waals surface area contributed by atoms with Crippen LogP contribution in [0.1, 0.15) is 44.8 Å². The summed E-state index contributed by atoms with van der Waals surface area (Å²) in [6, 6.07) is 2.50. The van der Waals surface area contributed by atoms with E-state index in [4.69, 9.17) is 11.6 Å². The van der Waals surface area contributed by atoms with Crippen molar-refractivity contribution in [2.45, 2.75) is 39.2 Å². The van der Waals surface area contributed by atoms with Crippen molar-refractivity contribution in [3.63, 3.8) is 0 Å². The Morgan fingerprint density at radius 1 is 1.40 bits per heavy atom. The van der Waals surface area contributed by atoms with Crippen molar-refractivity contribution < 1.29 is 15.0 Å². The Balaban J connectivity index is 2.70. The van der Waals surface area contributed by atoms with Gasteiger partial charge in [0.05, 0.1) is 11.8 Å². The van der Waals surface area contributed by atoms with Gasteiger partial charge in [-0.3, -0.25) is 0 Å². The number of aliphatic hydroxyl groups is 1. The van der Waals surface area contributed by atoms with E-state index in [9.17, 15) is 15.0 Å². The Bertz CT molecular complexity index is 464. The lowest BCUT2D eigenvalue weighted by Gasteiger charge is -2.14. The molecule has 4 N–H and O–H groups in total. The first kappa shape index (κ1) is 16.6. The number of carbonyl (C=O) groups is 1. The van der Waals surface area contributed by atoms with Gasteiger partial charge in [-0.1, -0.05) is 31.4 Å².